The highest BCUT2D eigenvalue weighted by molar-refractivity contribution is 9.10. The molecule has 1 aromatic carbocycles. The van der Waals surface area contributed by atoms with Crippen LogP contribution in [0.3, 0.4) is 0 Å². The van der Waals surface area contributed by atoms with Gasteiger partial charge in [-0.2, -0.15) is 0 Å². The van der Waals surface area contributed by atoms with Gasteiger partial charge in [0.15, 0.2) is 0 Å². The van der Waals surface area contributed by atoms with Crippen LogP contribution in [0.1, 0.15) is 10.6 Å². The quantitative estimate of drug-likeness (QED) is 0.920. The van der Waals surface area contributed by atoms with Gasteiger partial charge in [0.25, 0.3) is 0 Å². The maximum atomic E-state index is 10.8. The van der Waals surface area contributed by atoms with E-state index in [1.165, 1.54) is 4.57 Å². The molecule has 5 heteroatoms. The fourth-order valence-electron chi connectivity index (χ4n) is 1.42. The molecule has 0 spiro atoms. The summed E-state index contributed by atoms with van der Waals surface area (Å²) in [5.41, 5.74) is 1.55. The second-order valence-electron chi connectivity index (χ2n) is 3.37. The van der Waals surface area contributed by atoms with Crippen LogP contribution in [0.2, 0.25) is 0 Å². The lowest BCUT2D eigenvalue weighted by Crippen LogP contribution is -2.04. The maximum absolute atomic E-state index is 10.8. The van der Waals surface area contributed by atoms with Gasteiger partial charge in [-0.3, -0.25) is 0 Å². The van der Waals surface area contributed by atoms with Crippen LogP contribution in [-0.2, 0) is 7.05 Å². The predicted molar refractivity (Wildman–Crippen MR) is 63.3 cm³/mol. The smallest absolute Gasteiger partial charge is 0.372 e. The Balaban J connectivity index is 2.45. The number of aryl methyl sites for hydroxylation is 1. The molecular formula is C11H9BrN2O2. The highest BCUT2D eigenvalue weighted by atomic mass is 79.9. The Bertz CT molecular complexity index is 531. The number of carboxylic acid groups (broad SMARTS) is 1. The minimum absolute atomic E-state index is 0.0397. The highest BCUT2D eigenvalue weighted by Crippen LogP contribution is 2.20. The number of aromatic carboxylic acids is 1. The Labute approximate surface area is 101 Å². The first-order valence-electron chi connectivity index (χ1n) is 4.60. The van der Waals surface area contributed by atoms with E-state index in [4.69, 9.17) is 5.11 Å². The van der Waals surface area contributed by atoms with E-state index in [0.717, 1.165) is 10.0 Å². The van der Waals surface area contributed by atoms with Gasteiger partial charge in [-0.05, 0) is 12.1 Å². The van der Waals surface area contributed by atoms with Crippen LogP contribution in [0.15, 0.2) is 34.9 Å². The van der Waals surface area contributed by atoms with Crippen molar-refractivity contribution in [1.82, 2.24) is 9.55 Å². The number of imidazole rings is 1. The van der Waals surface area contributed by atoms with E-state index < -0.39 is 5.97 Å². The Kier molecular flexibility index (Phi) is 2.78. The number of hydrogen-bond acceptors (Lipinski definition) is 2. The number of carbonyl (C=O) groups is 1. The van der Waals surface area contributed by atoms with Gasteiger partial charge in [0.1, 0.15) is 0 Å². The summed E-state index contributed by atoms with van der Waals surface area (Å²) >= 11 is 3.34. The largest absolute Gasteiger partial charge is 0.475 e. The van der Waals surface area contributed by atoms with Crippen molar-refractivity contribution >= 4 is 21.9 Å². The zero-order valence-electron chi connectivity index (χ0n) is 8.51. The molecule has 0 aliphatic rings. The lowest BCUT2D eigenvalue weighted by atomic mass is 10.2. The van der Waals surface area contributed by atoms with Crippen LogP contribution in [-0.4, -0.2) is 20.6 Å². The van der Waals surface area contributed by atoms with Crippen molar-refractivity contribution in [2.24, 2.45) is 7.05 Å². The van der Waals surface area contributed by atoms with Crippen molar-refractivity contribution < 1.29 is 9.90 Å². The molecule has 0 unspecified atom stereocenters. The van der Waals surface area contributed by atoms with Gasteiger partial charge >= 0.3 is 5.97 Å². The molecule has 16 heavy (non-hydrogen) atoms. The molecule has 0 aliphatic heterocycles. The van der Waals surface area contributed by atoms with E-state index in [2.05, 4.69) is 20.9 Å². The molecule has 1 N–H and O–H groups in total. The van der Waals surface area contributed by atoms with Crippen molar-refractivity contribution in [1.29, 1.82) is 0 Å². The summed E-state index contributed by atoms with van der Waals surface area (Å²) < 4.78 is 2.48. The van der Waals surface area contributed by atoms with Gasteiger partial charge in [0, 0.05) is 23.3 Å². The Hall–Kier alpha value is -1.62. The third-order valence-electron chi connectivity index (χ3n) is 2.21. The average molecular weight is 281 g/mol. The number of carboxylic acids is 1. The average Bonchev–Trinajstić information content (AvgIpc) is 2.61. The molecule has 0 fully saturated rings. The van der Waals surface area contributed by atoms with Crippen molar-refractivity contribution in [3.8, 4) is 11.3 Å². The lowest BCUT2D eigenvalue weighted by molar-refractivity contribution is 0.0680. The number of rotatable bonds is 2. The number of nitrogens with zero attached hydrogens (tertiary/aromatic N) is 2. The Morgan fingerprint density at radius 2 is 2.00 bits per heavy atom. The predicted octanol–water partition coefficient (Wildman–Crippen LogP) is 2.55. The van der Waals surface area contributed by atoms with Crippen molar-refractivity contribution in [3.63, 3.8) is 0 Å². The number of halogens is 1. The van der Waals surface area contributed by atoms with Gasteiger partial charge in [0.05, 0.1) is 5.69 Å². The van der Waals surface area contributed by atoms with E-state index in [9.17, 15) is 4.79 Å². The summed E-state index contributed by atoms with van der Waals surface area (Å²) in [6, 6.07) is 7.56. The minimum atomic E-state index is -1.02. The lowest BCUT2D eigenvalue weighted by Gasteiger charge is -1.95. The zero-order valence-corrected chi connectivity index (χ0v) is 10.1. The molecule has 1 aromatic heterocycles. The summed E-state index contributed by atoms with van der Waals surface area (Å²) in [5, 5.41) is 8.88. The molecule has 0 amide bonds. The first kappa shape index (κ1) is 10.9. The molecule has 0 saturated heterocycles. The van der Waals surface area contributed by atoms with Gasteiger partial charge < -0.3 is 9.67 Å². The first-order chi connectivity index (χ1) is 7.58. The SMILES string of the molecule is Cn1cc(-c2ccc(Br)cc2)nc1C(=O)O. The monoisotopic (exact) mass is 280 g/mol. The van der Waals surface area contributed by atoms with Crippen molar-refractivity contribution in [2.75, 3.05) is 0 Å². The first-order valence-corrected chi connectivity index (χ1v) is 5.40. The fraction of sp³-hybridized carbons (Fsp3) is 0.0909. The summed E-state index contributed by atoms with van der Waals surface area (Å²) in [7, 11) is 1.67. The number of aromatic nitrogens is 2. The van der Waals surface area contributed by atoms with Gasteiger partial charge in [-0.25, -0.2) is 9.78 Å². The Morgan fingerprint density at radius 1 is 1.38 bits per heavy atom. The van der Waals surface area contributed by atoms with Gasteiger partial charge in [-0.1, -0.05) is 28.1 Å². The van der Waals surface area contributed by atoms with Gasteiger partial charge in [-0.15, -0.1) is 0 Å². The van der Waals surface area contributed by atoms with E-state index in [1.54, 1.807) is 13.2 Å². The Morgan fingerprint density at radius 3 is 2.50 bits per heavy atom. The van der Waals surface area contributed by atoms with E-state index >= 15 is 0 Å². The van der Waals surface area contributed by atoms with Crippen LogP contribution < -0.4 is 0 Å². The molecular weight excluding hydrogens is 272 g/mol. The molecule has 0 radical (unpaired) electrons. The van der Waals surface area contributed by atoms with E-state index in [-0.39, 0.29) is 5.82 Å². The molecule has 2 rings (SSSR count). The molecule has 0 aliphatic carbocycles. The van der Waals surface area contributed by atoms with Crippen LogP contribution in [0.5, 0.6) is 0 Å². The number of benzene rings is 1. The summed E-state index contributed by atoms with van der Waals surface area (Å²) in [6.07, 6.45) is 1.70. The van der Waals surface area contributed by atoms with Crippen molar-refractivity contribution in [3.05, 3.63) is 40.8 Å². The third-order valence-corrected chi connectivity index (χ3v) is 2.74. The molecule has 0 bridgehead atoms. The number of hydrogen-bond donors (Lipinski definition) is 1. The van der Waals surface area contributed by atoms with Crippen LogP contribution >= 0.6 is 15.9 Å². The second kappa shape index (κ2) is 4.09. The van der Waals surface area contributed by atoms with Crippen LogP contribution in [0.25, 0.3) is 11.3 Å². The second-order valence-corrected chi connectivity index (χ2v) is 4.29. The summed E-state index contributed by atoms with van der Waals surface area (Å²) in [4.78, 5) is 14.9. The summed E-state index contributed by atoms with van der Waals surface area (Å²) in [5.74, 6) is -0.983. The van der Waals surface area contributed by atoms with E-state index in [0.29, 0.717) is 5.69 Å². The zero-order chi connectivity index (χ0) is 11.7. The topological polar surface area (TPSA) is 55.1 Å². The maximum Gasteiger partial charge on any atom is 0.372 e. The molecule has 1 heterocycles. The standard InChI is InChI=1S/C11H9BrN2O2/c1-14-6-9(13-10(14)11(15)16)7-2-4-8(12)5-3-7/h2-6H,1H3,(H,15,16). The minimum Gasteiger partial charge on any atom is -0.475 e. The van der Waals surface area contributed by atoms with Crippen molar-refractivity contribution in [2.45, 2.75) is 0 Å². The van der Waals surface area contributed by atoms with E-state index in [1.807, 2.05) is 24.3 Å². The third kappa shape index (κ3) is 1.99. The normalized spacial score (nSPS) is 10.4. The fourth-order valence-corrected chi connectivity index (χ4v) is 1.69. The molecule has 0 saturated carbocycles. The molecule has 2 aromatic rings. The molecule has 4 nitrogen and oxygen atoms in total. The molecule has 0 atom stereocenters. The molecule has 82 valence electrons. The van der Waals surface area contributed by atoms with Gasteiger partial charge in [0.2, 0.25) is 5.82 Å². The summed E-state index contributed by atoms with van der Waals surface area (Å²) in [6.45, 7) is 0. The highest BCUT2D eigenvalue weighted by Gasteiger charge is 2.12. The van der Waals surface area contributed by atoms with Crippen LogP contribution in [0.4, 0.5) is 0 Å². The van der Waals surface area contributed by atoms with Crippen LogP contribution in [0, 0.1) is 0 Å².